The molecule has 0 atom stereocenters. The lowest BCUT2D eigenvalue weighted by Gasteiger charge is -2.10. The summed E-state index contributed by atoms with van der Waals surface area (Å²) in [5.41, 5.74) is 1.37. The minimum atomic E-state index is -0.233. The van der Waals surface area contributed by atoms with Gasteiger partial charge in [0.15, 0.2) is 0 Å². The van der Waals surface area contributed by atoms with Gasteiger partial charge in [-0.25, -0.2) is 0 Å². The van der Waals surface area contributed by atoms with E-state index in [9.17, 15) is 9.59 Å². The minimum absolute atomic E-state index is 0.0966. The van der Waals surface area contributed by atoms with Crippen molar-refractivity contribution in [2.45, 2.75) is 13.3 Å². The molecule has 0 aromatic heterocycles. The molecule has 2 N–H and O–H groups in total. The highest BCUT2D eigenvalue weighted by Crippen LogP contribution is 2.16. The van der Waals surface area contributed by atoms with Crippen LogP contribution in [-0.4, -0.2) is 38.6 Å². The fourth-order valence-corrected chi connectivity index (χ4v) is 2.42. The van der Waals surface area contributed by atoms with E-state index in [0.29, 0.717) is 31.0 Å². The fourth-order valence-electron chi connectivity index (χ4n) is 2.42. The number of carbonyl (C=O) groups is 2. The van der Waals surface area contributed by atoms with E-state index >= 15 is 0 Å². The third-order valence-electron chi connectivity index (χ3n) is 3.68. The van der Waals surface area contributed by atoms with Crippen LogP contribution in [0, 0.1) is 0 Å². The molecule has 0 unspecified atom stereocenters. The van der Waals surface area contributed by atoms with Crippen LogP contribution in [-0.2, 0) is 11.2 Å². The quantitative estimate of drug-likeness (QED) is 0.675. The van der Waals surface area contributed by atoms with Gasteiger partial charge in [-0.3, -0.25) is 9.59 Å². The highest BCUT2D eigenvalue weighted by atomic mass is 16.5. The Balaban J connectivity index is 1.72. The summed E-state index contributed by atoms with van der Waals surface area (Å²) in [5.74, 6) is 0.976. The highest BCUT2D eigenvalue weighted by Gasteiger charge is 2.10. The first-order chi connectivity index (χ1) is 12.6. The molecule has 0 spiro atoms. The Morgan fingerprint density at radius 3 is 2.35 bits per heavy atom. The molecule has 6 nitrogen and oxygen atoms in total. The Morgan fingerprint density at radius 1 is 0.962 bits per heavy atom. The molecule has 0 fully saturated rings. The van der Waals surface area contributed by atoms with Crippen LogP contribution in [0.2, 0.25) is 0 Å². The number of ether oxygens (including phenoxy) is 2. The maximum atomic E-state index is 12.1. The van der Waals surface area contributed by atoms with Gasteiger partial charge in [-0.2, -0.15) is 0 Å². The first-order valence-electron chi connectivity index (χ1n) is 8.53. The molecule has 2 rings (SSSR count). The van der Waals surface area contributed by atoms with Crippen molar-refractivity contribution in [3.63, 3.8) is 0 Å². The second kappa shape index (κ2) is 10.1. The van der Waals surface area contributed by atoms with E-state index in [1.807, 2.05) is 31.2 Å². The van der Waals surface area contributed by atoms with Crippen LogP contribution in [0.1, 0.15) is 22.8 Å². The molecule has 2 amide bonds. The first-order valence-corrected chi connectivity index (χ1v) is 8.53. The van der Waals surface area contributed by atoms with Crippen LogP contribution in [0.5, 0.6) is 11.5 Å². The van der Waals surface area contributed by atoms with Gasteiger partial charge < -0.3 is 20.1 Å². The van der Waals surface area contributed by atoms with Crippen molar-refractivity contribution >= 4 is 11.8 Å². The first kappa shape index (κ1) is 19.3. The van der Waals surface area contributed by atoms with Crippen LogP contribution >= 0.6 is 0 Å². The summed E-state index contributed by atoms with van der Waals surface area (Å²) < 4.78 is 10.5. The minimum Gasteiger partial charge on any atom is -0.496 e. The normalized spacial score (nSPS) is 10.1. The van der Waals surface area contributed by atoms with Gasteiger partial charge in [0, 0.05) is 13.1 Å². The Kier molecular flexibility index (Phi) is 7.49. The van der Waals surface area contributed by atoms with Crippen molar-refractivity contribution in [2.75, 3.05) is 26.8 Å². The van der Waals surface area contributed by atoms with Crippen molar-refractivity contribution in [1.29, 1.82) is 0 Å². The number of benzene rings is 2. The van der Waals surface area contributed by atoms with Gasteiger partial charge in [0.1, 0.15) is 11.5 Å². The summed E-state index contributed by atoms with van der Waals surface area (Å²) >= 11 is 0. The molecule has 0 bridgehead atoms. The maximum absolute atomic E-state index is 12.1. The van der Waals surface area contributed by atoms with E-state index in [1.165, 1.54) is 7.11 Å². The van der Waals surface area contributed by atoms with Gasteiger partial charge in [-0.15, -0.1) is 0 Å². The summed E-state index contributed by atoms with van der Waals surface area (Å²) in [6.45, 7) is 3.23. The average molecular weight is 356 g/mol. The fraction of sp³-hybridized carbons (Fsp3) is 0.300. The lowest BCUT2D eigenvalue weighted by atomic mass is 10.1. The third kappa shape index (κ3) is 5.81. The zero-order valence-electron chi connectivity index (χ0n) is 15.1. The molecular formula is C20H24N2O4. The Hall–Kier alpha value is -3.02. The molecule has 0 radical (unpaired) electrons. The zero-order chi connectivity index (χ0) is 18.8. The molecule has 0 heterocycles. The zero-order valence-corrected chi connectivity index (χ0v) is 15.1. The predicted octanol–water partition coefficient (Wildman–Crippen LogP) is 2.18. The third-order valence-corrected chi connectivity index (χ3v) is 3.68. The van der Waals surface area contributed by atoms with Gasteiger partial charge >= 0.3 is 0 Å². The number of carbonyl (C=O) groups excluding carboxylic acids is 2. The molecule has 0 aliphatic heterocycles. The Bertz CT molecular complexity index is 729. The van der Waals surface area contributed by atoms with Gasteiger partial charge in [-0.05, 0) is 36.8 Å². The largest absolute Gasteiger partial charge is 0.496 e. The monoisotopic (exact) mass is 356 g/mol. The lowest BCUT2D eigenvalue weighted by Crippen LogP contribution is -2.35. The molecule has 138 valence electrons. The summed E-state index contributed by atoms with van der Waals surface area (Å²) in [7, 11) is 1.52. The topological polar surface area (TPSA) is 76.7 Å². The standard InChI is InChI=1S/C20H24N2O4/c1-3-26-16-10-8-15(9-11-16)14-19(23)21-12-13-22-20(24)17-6-4-5-7-18(17)25-2/h4-11H,3,12-14H2,1-2H3,(H,21,23)(H,22,24). The summed E-state index contributed by atoms with van der Waals surface area (Å²) in [5, 5.41) is 5.55. The molecule has 0 saturated carbocycles. The van der Waals surface area contributed by atoms with Crippen LogP contribution in [0.4, 0.5) is 0 Å². The smallest absolute Gasteiger partial charge is 0.255 e. The van der Waals surface area contributed by atoms with E-state index < -0.39 is 0 Å². The van der Waals surface area contributed by atoms with Crippen molar-refractivity contribution < 1.29 is 19.1 Å². The van der Waals surface area contributed by atoms with Crippen LogP contribution in [0.25, 0.3) is 0 Å². The van der Waals surface area contributed by atoms with E-state index in [0.717, 1.165) is 11.3 Å². The average Bonchev–Trinajstić information content (AvgIpc) is 2.66. The van der Waals surface area contributed by atoms with E-state index in [2.05, 4.69) is 10.6 Å². The number of hydrogen-bond acceptors (Lipinski definition) is 4. The summed E-state index contributed by atoms with van der Waals surface area (Å²) in [4.78, 5) is 24.1. The summed E-state index contributed by atoms with van der Waals surface area (Å²) in [6.07, 6.45) is 0.285. The summed E-state index contributed by atoms with van der Waals surface area (Å²) in [6, 6.07) is 14.4. The maximum Gasteiger partial charge on any atom is 0.255 e. The van der Waals surface area contributed by atoms with Crippen molar-refractivity contribution in [2.24, 2.45) is 0 Å². The van der Waals surface area contributed by atoms with Gasteiger partial charge in [0.2, 0.25) is 5.91 Å². The SMILES string of the molecule is CCOc1ccc(CC(=O)NCCNC(=O)c2ccccc2OC)cc1. The second-order valence-electron chi connectivity index (χ2n) is 5.56. The molecule has 0 saturated heterocycles. The van der Waals surface area contributed by atoms with E-state index in [-0.39, 0.29) is 18.2 Å². The molecule has 2 aromatic carbocycles. The van der Waals surface area contributed by atoms with Gasteiger partial charge in [0.05, 0.1) is 25.7 Å². The number of amides is 2. The van der Waals surface area contributed by atoms with Crippen molar-refractivity contribution in [3.05, 3.63) is 59.7 Å². The lowest BCUT2D eigenvalue weighted by molar-refractivity contribution is -0.120. The second-order valence-corrected chi connectivity index (χ2v) is 5.56. The number of hydrogen-bond donors (Lipinski definition) is 2. The van der Waals surface area contributed by atoms with Crippen molar-refractivity contribution in [3.8, 4) is 11.5 Å². The van der Waals surface area contributed by atoms with Crippen LogP contribution in [0.15, 0.2) is 48.5 Å². The molecule has 2 aromatic rings. The van der Waals surface area contributed by atoms with Gasteiger partial charge in [-0.1, -0.05) is 24.3 Å². The highest BCUT2D eigenvalue weighted by molar-refractivity contribution is 5.96. The molecule has 0 aliphatic carbocycles. The van der Waals surface area contributed by atoms with E-state index in [1.54, 1.807) is 24.3 Å². The molecule has 0 aliphatic rings. The molecule has 26 heavy (non-hydrogen) atoms. The van der Waals surface area contributed by atoms with Gasteiger partial charge in [0.25, 0.3) is 5.91 Å². The number of rotatable bonds is 9. The molecular weight excluding hydrogens is 332 g/mol. The van der Waals surface area contributed by atoms with Crippen molar-refractivity contribution in [1.82, 2.24) is 10.6 Å². The Morgan fingerprint density at radius 2 is 1.65 bits per heavy atom. The predicted molar refractivity (Wildman–Crippen MR) is 99.7 cm³/mol. The number of methoxy groups -OCH3 is 1. The number of para-hydroxylation sites is 1. The van der Waals surface area contributed by atoms with Crippen LogP contribution in [0.3, 0.4) is 0 Å². The van der Waals surface area contributed by atoms with Crippen LogP contribution < -0.4 is 20.1 Å². The Labute approximate surface area is 153 Å². The van der Waals surface area contributed by atoms with E-state index in [4.69, 9.17) is 9.47 Å². The molecule has 6 heteroatoms. The number of nitrogens with one attached hydrogen (secondary N) is 2.